The first-order chi connectivity index (χ1) is 9.15. The maximum absolute atomic E-state index is 6.07. The number of nitrogens with one attached hydrogen (secondary N) is 1. The van der Waals surface area contributed by atoms with Crippen molar-refractivity contribution in [2.75, 3.05) is 30.8 Å². The molecule has 0 bridgehead atoms. The minimum atomic E-state index is 0.120. The van der Waals surface area contributed by atoms with E-state index < -0.39 is 0 Å². The number of nitrogen functional groups attached to an aromatic ring is 1. The second-order valence-electron chi connectivity index (χ2n) is 4.78. The monoisotopic (exact) mass is 266 g/mol. The Kier molecular flexibility index (Phi) is 7.11. The third kappa shape index (κ3) is 5.83. The van der Waals surface area contributed by atoms with E-state index in [1.54, 1.807) is 0 Å². The lowest BCUT2D eigenvalue weighted by Crippen LogP contribution is -2.12. The Morgan fingerprint density at radius 2 is 2.05 bits per heavy atom. The van der Waals surface area contributed by atoms with Gasteiger partial charge in [-0.15, -0.1) is 0 Å². The predicted molar refractivity (Wildman–Crippen MR) is 80.8 cm³/mol. The predicted octanol–water partition coefficient (Wildman–Crippen LogP) is 3.28. The first kappa shape index (κ1) is 15.6. The fourth-order valence-electron chi connectivity index (χ4n) is 1.66. The van der Waals surface area contributed by atoms with Gasteiger partial charge in [-0.2, -0.15) is 0 Å². The highest BCUT2D eigenvalue weighted by molar-refractivity contribution is 5.72. The first-order valence-electron chi connectivity index (χ1n) is 7.02. The summed E-state index contributed by atoms with van der Waals surface area (Å²) in [6.45, 7) is 8.39. The highest BCUT2D eigenvalue weighted by Gasteiger charge is 2.06. The second-order valence-corrected chi connectivity index (χ2v) is 4.78. The summed E-state index contributed by atoms with van der Waals surface area (Å²) in [5, 5.41) is 3.27. The maximum Gasteiger partial charge on any atom is 0.144 e. The van der Waals surface area contributed by atoms with Crippen molar-refractivity contribution in [3.8, 4) is 5.75 Å². The zero-order chi connectivity index (χ0) is 14.1. The molecule has 4 heteroatoms. The smallest absolute Gasteiger partial charge is 0.144 e. The number of ether oxygens (including phenoxy) is 2. The number of hydrogen-bond donors (Lipinski definition) is 2. The van der Waals surface area contributed by atoms with Gasteiger partial charge in [0.2, 0.25) is 0 Å². The molecule has 0 heterocycles. The lowest BCUT2D eigenvalue weighted by atomic mass is 10.2. The van der Waals surface area contributed by atoms with Crippen molar-refractivity contribution in [1.29, 1.82) is 0 Å². The standard InChI is InChI=1S/C15H26N2O2/c1-4-5-10-18-11-9-17-13-7-6-8-14(15(13)16)19-12(2)3/h6-8,12,17H,4-5,9-11,16H2,1-3H3. The molecule has 4 nitrogen and oxygen atoms in total. The van der Waals surface area contributed by atoms with Crippen molar-refractivity contribution in [3.63, 3.8) is 0 Å². The Morgan fingerprint density at radius 3 is 2.74 bits per heavy atom. The largest absolute Gasteiger partial charge is 0.489 e. The van der Waals surface area contributed by atoms with E-state index >= 15 is 0 Å². The van der Waals surface area contributed by atoms with Gasteiger partial charge in [0.05, 0.1) is 24.1 Å². The summed E-state index contributed by atoms with van der Waals surface area (Å²) < 4.78 is 11.1. The van der Waals surface area contributed by atoms with Crippen LogP contribution < -0.4 is 15.8 Å². The summed E-state index contributed by atoms with van der Waals surface area (Å²) in [6, 6.07) is 5.78. The van der Waals surface area contributed by atoms with Crippen LogP contribution in [0.3, 0.4) is 0 Å². The third-order valence-electron chi connectivity index (χ3n) is 2.63. The molecule has 0 aromatic heterocycles. The number of hydrogen-bond acceptors (Lipinski definition) is 4. The van der Waals surface area contributed by atoms with E-state index in [9.17, 15) is 0 Å². The Balaban J connectivity index is 2.41. The number of unbranched alkanes of at least 4 members (excludes halogenated alkanes) is 1. The summed E-state index contributed by atoms with van der Waals surface area (Å²) in [6.07, 6.45) is 2.39. The van der Waals surface area contributed by atoms with Crippen molar-refractivity contribution >= 4 is 11.4 Å². The van der Waals surface area contributed by atoms with Crippen LogP contribution in [0.15, 0.2) is 18.2 Å². The van der Waals surface area contributed by atoms with E-state index in [0.717, 1.165) is 37.4 Å². The van der Waals surface area contributed by atoms with Crippen molar-refractivity contribution < 1.29 is 9.47 Å². The average Bonchev–Trinajstić information content (AvgIpc) is 2.37. The molecule has 0 aliphatic carbocycles. The molecular weight excluding hydrogens is 240 g/mol. The Bertz CT molecular complexity index is 367. The van der Waals surface area contributed by atoms with Gasteiger partial charge in [0.25, 0.3) is 0 Å². The van der Waals surface area contributed by atoms with E-state index in [1.165, 1.54) is 0 Å². The number of anilines is 2. The van der Waals surface area contributed by atoms with Crippen LogP contribution in [-0.4, -0.2) is 25.9 Å². The van der Waals surface area contributed by atoms with Gasteiger partial charge in [0.15, 0.2) is 0 Å². The minimum absolute atomic E-state index is 0.120. The maximum atomic E-state index is 6.07. The van der Waals surface area contributed by atoms with Crippen LogP contribution >= 0.6 is 0 Å². The molecule has 1 rings (SSSR count). The molecule has 0 fully saturated rings. The topological polar surface area (TPSA) is 56.5 Å². The molecule has 0 saturated carbocycles. The molecule has 1 aromatic carbocycles. The number of nitrogens with two attached hydrogens (primary N) is 1. The van der Waals surface area contributed by atoms with Gasteiger partial charge in [-0.25, -0.2) is 0 Å². The highest BCUT2D eigenvalue weighted by Crippen LogP contribution is 2.29. The second kappa shape index (κ2) is 8.64. The average molecular weight is 266 g/mol. The number of rotatable bonds is 9. The molecule has 1 aromatic rings. The normalized spacial score (nSPS) is 10.7. The van der Waals surface area contributed by atoms with E-state index in [0.29, 0.717) is 12.3 Å². The summed E-state index contributed by atoms with van der Waals surface area (Å²) in [5.41, 5.74) is 7.62. The van der Waals surface area contributed by atoms with Crippen LogP contribution in [0.2, 0.25) is 0 Å². The Morgan fingerprint density at radius 1 is 1.26 bits per heavy atom. The molecule has 0 spiro atoms. The minimum Gasteiger partial charge on any atom is -0.489 e. The van der Waals surface area contributed by atoms with Gasteiger partial charge in [0, 0.05) is 13.2 Å². The van der Waals surface area contributed by atoms with Crippen LogP contribution in [-0.2, 0) is 4.74 Å². The fourth-order valence-corrected chi connectivity index (χ4v) is 1.66. The fraction of sp³-hybridized carbons (Fsp3) is 0.600. The van der Waals surface area contributed by atoms with E-state index in [-0.39, 0.29) is 6.10 Å². The van der Waals surface area contributed by atoms with Crippen LogP contribution in [0.25, 0.3) is 0 Å². The molecule has 108 valence electrons. The quantitative estimate of drug-likeness (QED) is 0.532. The van der Waals surface area contributed by atoms with Gasteiger partial charge in [0.1, 0.15) is 5.75 Å². The lowest BCUT2D eigenvalue weighted by molar-refractivity contribution is 0.141. The van der Waals surface area contributed by atoms with Crippen molar-refractivity contribution in [1.82, 2.24) is 0 Å². The van der Waals surface area contributed by atoms with Crippen LogP contribution in [0.5, 0.6) is 5.75 Å². The molecule has 0 aliphatic heterocycles. The van der Waals surface area contributed by atoms with Crippen molar-refractivity contribution in [2.24, 2.45) is 0 Å². The summed E-state index contributed by atoms with van der Waals surface area (Å²) in [5.74, 6) is 0.729. The van der Waals surface area contributed by atoms with Crippen LogP contribution in [0, 0.1) is 0 Å². The van der Waals surface area contributed by atoms with E-state index in [2.05, 4.69) is 12.2 Å². The van der Waals surface area contributed by atoms with Crippen LogP contribution in [0.4, 0.5) is 11.4 Å². The highest BCUT2D eigenvalue weighted by atomic mass is 16.5. The van der Waals surface area contributed by atoms with Gasteiger partial charge < -0.3 is 20.5 Å². The number of benzene rings is 1. The summed E-state index contributed by atoms with van der Waals surface area (Å²) in [4.78, 5) is 0. The zero-order valence-corrected chi connectivity index (χ0v) is 12.2. The molecule has 0 saturated heterocycles. The van der Waals surface area contributed by atoms with E-state index in [1.807, 2.05) is 32.0 Å². The molecule has 19 heavy (non-hydrogen) atoms. The van der Waals surface area contributed by atoms with Gasteiger partial charge in [-0.1, -0.05) is 19.4 Å². The first-order valence-corrected chi connectivity index (χ1v) is 7.02. The van der Waals surface area contributed by atoms with Gasteiger partial charge in [-0.05, 0) is 32.4 Å². The van der Waals surface area contributed by atoms with E-state index in [4.69, 9.17) is 15.2 Å². The molecule has 0 unspecified atom stereocenters. The van der Waals surface area contributed by atoms with Gasteiger partial charge >= 0.3 is 0 Å². The summed E-state index contributed by atoms with van der Waals surface area (Å²) in [7, 11) is 0. The van der Waals surface area contributed by atoms with Crippen molar-refractivity contribution in [3.05, 3.63) is 18.2 Å². The zero-order valence-electron chi connectivity index (χ0n) is 12.2. The molecule has 3 N–H and O–H groups in total. The Hall–Kier alpha value is -1.42. The molecule has 0 amide bonds. The molecule has 0 radical (unpaired) electrons. The Labute approximate surface area is 116 Å². The van der Waals surface area contributed by atoms with Crippen molar-refractivity contribution in [2.45, 2.75) is 39.7 Å². The molecule has 0 atom stereocenters. The third-order valence-corrected chi connectivity index (χ3v) is 2.63. The summed E-state index contributed by atoms with van der Waals surface area (Å²) >= 11 is 0. The number of para-hydroxylation sites is 1. The van der Waals surface area contributed by atoms with Gasteiger partial charge in [-0.3, -0.25) is 0 Å². The SMILES string of the molecule is CCCCOCCNc1cccc(OC(C)C)c1N. The van der Waals surface area contributed by atoms with Crippen LogP contribution in [0.1, 0.15) is 33.6 Å². The lowest BCUT2D eigenvalue weighted by Gasteiger charge is -2.15. The molecule has 0 aliphatic rings. The molecular formula is C15H26N2O2.